The van der Waals surface area contributed by atoms with E-state index in [4.69, 9.17) is 11.6 Å². The van der Waals surface area contributed by atoms with E-state index in [-0.39, 0.29) is 24.0 Å². The van der Waals surface area contributed by atoms with Gasteiger partial charge in [0.15, 0.2) is 5.96 Å². The molecule has 2 fully saturated rings. The van der Waals surface area contributed by atoms with Crippen LogP contribution in [0.15, 0.2) is 29.3 Å². The SMILES string of the molecule is CCN1CCC(CNC(=NC)NCC2CCCN(C)C2c2cccc(Cl)c2)C1.I. The lowest BCUT2D eigenvalue weighted by molar-refractivity contribution is 0.122. The third-order valence-corrected chi connectivity index (χ3v) is 6.56. The van der Waals surface area contributed by atoms with E-state index in [0.717, 1.165) is 43.1 Å². The summed E-state index contributed by atoms with van der Waals surface area (Å²) in [5.74, 6) is 2.18. The minimum Gasteiger partial charge on any atom is -0.356 e. The first kappa shape index (κ1) is 24.7. The van der Waals surface area contributed by atoms with Gasteiger partial charge >= 0.3 is 0 Å². The first-order valence-electron chi connectivity index (χ1n) is 10.7. The predicted molar refractivity (Wildman–Crippen MR) is 135 cm³/mol. The first-order chi connectivity index (χ1) is 13.6. The number of hydrogen-bond donors (Lipinski definition) is 2. The molecule has 3 unspecified atom stereocenters. The molecule has 2 saturated heterocycles. The van der Waals surface area contributed by atoms with Gasteiger partial charge in [0.25, 0.3) is 0 Å². The summed E-state index contributed by atoms with van der Waals surface area (Å²) < 4.78 is 0. The Balaban J connectivity index is 0.00000300. The molecule has 7 heteroatoms. The molecule has 0 spiro atoms. The number of rotatable bonds is 6. The number of nitrogens with one attached hydrogen (secondary N) is 2. The van der Waals surface area contributed by atoms with Crippen molar-refractivity contribution in [3.8, 4) is 0 Å². The van der Waals surface area contributed by atoms with Crippen LogP contribution < -0.4 is 10.6 Å². The summed E-state index contributed by atoms with van der Waals surface area (Å²) >= 11 is 6.27. The van der Waals surface area contributed by atoms with Crippen LogP contribution in [0.5, 0.6) is 0 Å². The zero-order chi connectivity index (χ0) is 19.9. The largest absolute Gasteiger partial charge is 0.356 e. The fraction of sp³-hybridized carbons (Fsp3) is 0.682. The van der Waals surface area contributed by atoms with Crippen molar-refractivity contribution in [1.29, 1.82) is 0 Å². The highest BCUT2D eigenvalue weighted by molar-refractivity contribution is 14.0. The molecule has 164 valence electrons. The Morgan fingerprint density at radius 2 is 2.00 bits per heavy atom. The molecule has 0 aliphatic carbocycles. The van der Waals surface area contributed by atoms with Crippen molar-refractivity contribution in [3.05, 3.63) is 34.9 Å². The van der Waals surface area contributed by atoms with Crippen LogP contribution in [0.1, 0.15) is 37.8 Å². The summed E-state index contributed by atoms with van der Waals surface area (Å²) in [6, 6.07) is 8.74. The summed E-state index contributed by atoms with van der Waals surface area (Å²) in [7, 11) is 4.09. The second kappa shape index (κ2) is 12.3. The van der Waals surface area contributed by atoms with Crippen molar-refractivity contribution in [3.63, 3.8) is 0 Å². The maximum atomic E-state index is 6.27. The van der Waals surface area contributed by atoms with Gasteiger partial charge in [-0.3, -0.25) is 9.89 Å². The van der Waals surface area contributed by atoms with E-state index in [9.17, 15) is 0 Å². The Bertz CT molecular complexity index is 656. The Morgan fingerprint density at radius 3 is 2.69 bits per heavy atom. The molecule has 3 atom stereocenters. The van der Waals surface area contributed by atoms with Crippen LogP contribution in [0, 0.1) is 11.8 Å². The minimum absolute atomic E-state index is 0. The molecule has 29 heavy (non-hydrogen) atoms. The zero-order valence-corrected chi connectivity index (χ0v) is 21.1. The van der Waals surface area contributed by atoms with E-state index >= 15 is 0 Å². The van der Waals surface area contributed by atoms with Gasteiger partial charge in [0.05, 0.1) is 0 Å². The van der Waals surface area contributed by atoms with Crippen molar-refractivity contribution >= 4 is 41.5 Å². The lowest BCUT2D eigenvalue weighted by Crippen LogP contribution is -2.46. The van der Waals surface area contributed by atoms with E-state index in [1.165, 1.54) is 37.9 Å². The molecular weight excluding hydrogens is 497 g/mol. The van der Waals surface area contributed by atoms with Crippen molar-refractivity contribution in [2.24, 2.45) is 16.8 Å². The third-order valence-electron chi connectivity index (χ3n) is 6.33. The fourth-order valence-corrected chi connectivity index (χ4v) is 4.95. The Morgan fingerprint density at radius 1 is 1.21 bits per heavy atom. The second-order valence-corrected chi connectivity index (χ2v) is 8.70. The summed E-state index contributed by atoms with van der Waals surface area (Å²) in [5, 5.41) is 7.95. The van der Waals surface area contributed by atoms with Gasteiger partial charge < -0.3 is 15.5 Å². The molecule has 2 aliphatic heterocycles. The van der Waals surface area contributed by atoms with Gasteiger partial charge in [0, 0.05) is 37.7 Å². The van der Waals surface area contributed by atoms with Gasteiger partial charge in [-0.2, -0.15) is 0 Å². The van der Waals surface area contributed by atoms with Gasteiger partial charge in [0.2, 0.25) is 0 Å². The van der Waals surface area contributed by atoms with Crippen LogP contribution in [-0.2, 0) is 0 Å². The van der Waals surface area contributed by atoms with Crippen molar-refractivity contribution < 1.29 is 0 Å². The topological polar surface area (TPSA) is 42.9 Å². The monoisotopic (exact) mass is 533 g/mol. The van der Waals surface area contributed by atoms with Crippen LogP contribution in [0.2, 0.25) is 5.02 Å². The van der Waals surface area contributed by atoms with Crippen molar-refractivity contribution in [2.45, 2.75) is 32.2 Å². The fourth-order valence-electron chi connectivity index (χ4n) is 4.75. The van der Waals surface area contributed by atoms with Gasteiger partial charge in [-0.05, 0) is 75.5 Å². The molecule has 0 saturated carbocycles. The molecule has 5 nitrogen and oxygen atoms in total. The molecule has 3 rings (SSSR count). The number of nitrogens with zero attached hydrogens (tertiary/aromatic N) is 3. The molecule has 0 radical (unpaired) electrons. The molecule has 2 N–H and O–H groups in total. The van der Waals surface area contributed by atoms with E-state index < -0.39 is 0 Å². The van der Waals surface area contributed by atoms with Crippen LogP contribution in [0.3, 0.4) is 0 Å². The number of likely N-dealkylation sites (tertiary alicyclic amines) is 2. The van der Waals surface area contributed by atoms with E-state index in [1.54, 1.807) is 0 Å². The highest BCUT2D eigenvalue weighted by Crippen LogP contribution is 2.35. The average molecular weight is 534 g/mol. The van der Waals surface area contributed by atoms with Crippen LogP contribution in [-0.4, -0.2) is 69.1 Å². The van der Waals surface area contributed by atoms with Gasteiger partial charge in [-0.15, -0.1) is 24.0 Å². The first-order valence-corrected chi connectivity index (χ1v) is 11.1. The van der Waals surface area contributed by atoms with Crippen LogP contribution >= 0.6 is 35.6 Å². The predicted octanol–water partition coefficient (Wildman–Crippen LogP) is 3.85. The quantitative estimate of drug-likeness (QED) is 0.331. The van der Waals surface area contributed by atoms with Crippen LogP contribution in [0.25, 0.3) is 0 Å². The van der Waals surface area contributed by atoms with Crippen LogP contribution in [0.4, 0.5) is 0 Å². The molecule has 0 amide bonds. The number of piperidine rings is 1. The normalized spacial score (nSPS) is 26.2. The number of guanidine groups is 1. The maximum Gasteiger partial charge on any atom is 0.190 e. The average Bonchev–Trinajstić information content (AvgIpc) is 3.16. The second-order valence-electron chi connectivity index (χ2n) is 8.26. The van der Waals surface area contributed by atoms with Crippen molar-refractivity contribution in [2.75, 3.05) is 53.4 Å². The summed E-state index contributed by atoms with van der Waals surface area (Å²) in [6.07, 6.45) is 3.74. The third kappa shape index (κ3) is 6.97. The Hall–Kier alpha value is -0.570. The number of hydrogen-bond acceptors (Lipinski definition) is 3. The smallest absolute Gasteiger partial charge is 0.190 e. The Kier molecular flexibility index (Phi) is 10.5. The lowest BCUT2D eigenvalue weighted by atomic mass is 9.85. The minimum atomic E-state index is 0. The molecule has 2 aliphatic rings. The Labute approximate surface area is 198 Å². The maximum absolute atomic E-state index is 6.27. The lowest BCUT2D eigenvalue weighted by Gasteiger charge is -2.40. The van der Waals surface area contributed by atoms with Gasteiger partial charge in [-0.25, -0.2) is 0 Å². The highest BCUT2D eigenvalue weighted by Gasteiger charge is 2.30. The number of aliphatic imine (C=N–C) groups is 1. The molecular formula is C22H37ClIN5. The molecule has 1 aromatic rings. The van der Waals surface area contributed by atoms with E-state index in [2.05, 4.69) is 57.6 Å². The summed E-state index contributed by atoms with van der Waals surface area (Å²) in [4.78, 5) is 9.44. The summed E-state index contributed by atoms with van der Waals surface area (Å²) in [6.45, 7) is 8.88. The highest BCUT2D eigenvalue weighted by atomic mass is 127. The van der Waals surface area contributed by atoms with Crippen molar-refractivity contribution in [1.82, 2.24) is 20.4 Å². The number of benzene rings is 1. The molecule has 2 heterocycles. The summed E-state index contributed by atoms with van der Waals surface area (Å²) in [5.41, 5.74) is 1.31. The molecule has 1 aromatic carbocycles. The number of halogens is 2. The molecule has 0 aromatic heterocycles. The standard InChI is InChI=1S/C22H36ClN5.HI/c1-4-28-12-10-17(16-28)14-25-22(24-2)26-15-19-8-6-11-27(3)21(19)18-7-5-9-20(23)13-18;/h5,7,9,13,17,19,21H,4,6,8,10-12,14-16H2,1-3H3,(H2,24,25,26);1H. The zero-order valence-electron chi connectivity index (χ0n) is 18.0. The van der Waals surface area contributed by atoms with E-state index in [0.29, 0.717) is 12.0 Å². The molecule has 0 bridgehead atoms. The van der Waals surface area contributed by atoms with E-state index in [1.807, 2.05) is 13.1 Å². The van der Waals surface area contributed by atoms with Gasteiger partial charge in [0.1, 0.15) is 0 Å². The van der Waals surface area contributed by atoms with Gasteiger partial charge in [-0.1, -0.05) is 30.7 Å².